The summed E-state index contributed by atoms with van der Waals surface area (Å²) in [7, 11) is 0. The van der Waals surface area contributed by atoms with Gasteiger partial charge in [0.05, 0.1) is 16.6 Å². The van der Waals surface area contributed by atoms with E-state index in [-0.39, 0.29) is 11.8 Å². The third-order valence-electron chi connectivity index (χ3n) is 4.41. The summed E-state index contributed by atoms with van der Waals surface area (Å²) in [6, 6.07) is 12.9. The average Bonchev–Trinajstić information content (AvgIpc) is 2.60. The summed E-state index contributed by atoms with van der Waals surface area (Å²) >= 11 is 18.4. The topological polar surface area (TPSA) is 32.3 Å². The molecule has 1 N–H and O–H groups in total. The van der Waals surface area contributed by atoms with Gasteiger partial charge in [-0.1, -0.05) is 53.0 Å². The van der Waals surface area contributed by atoms with E-state index >= 15 is 0 Å². The molecule has 132 valence electrons. The molecular weight excluding hydrogens is 379 g/mol. The summed E-state index contributed by atoms with van der Waals surface area (Å²) in [4.78, 5) is 14.9. The van der Waals surface area contributed by atoms with Gasteiger partial charge in [0.15, 0.2) is 0 Å². The summed E-state index contributed by atoms with van der Waals surface area (Å²) in [6.45, 7) is 2.42. The number of rotatable bonds is 4. The van der Waals surface area contributed by atoms with E-state index in [4.69, 9.17) is 34.8 Å². The van der Waals surface area contributed by atoms with E-state index in [0.29, 0.717) is 22.3 Å². The minimum absolute atomic E-state index is 0.0203. The molecule has 1 amide bonds. The van der Waals surface area contributed by atoms with Gasteiger partial charge in [-0.3, -0.25) is 9.69 Å². The summed E-state index contributed by atoms with van der Waals surface area (Å²) in [5, 5.41) is 4.70. The monoisotopic (exact) mass is 396 g/mol. The second kappa shape index (κ2) is 8.41. The molecule has 3 nitrogen and oxygen atoms in total. The minimum atomic E-state index is -0.0775. The van der Waals surface area contributed by atoms with Crippen LogP contribution in [0.5, 0.6) is 0 Å². The third kappa shape index (κ3) is 4.89. The highest BCUT2D eigenvalue weighted by atomic mass is 35.5. The molecular formula is C19H19Cl3N2O. The number of anilines is 1. The van der Waals surface area contributed by atoms with Crippen molar-refractivity contribution < 1.29 is 4.79 Å². The molecule has 3 rings (SSSR count). The van der Waals surface area contributed by atoms with Crippen molar-refractivity contribution in [2.75, 3.05) is 18.4 Å². The van der Waals surface area contributed by atoms with Crippen LogP contribution >= 0.6 is 34.8 Å². The minimum Gasteiger partial charge on any atom is -0.324 e. The number of hydrogen-bond acceptors (Lipinski definition) is 2. The van der Waals surface area contributed by atoms with Gasteiger partial charge in [0.1, 0.15) is 0 Å². The summed E-state index contributed by atoms with van der Waals surface area (Å²) < 4.78 is 0. The van der Waals surface area contributed by atoms with E-state index in [0.717, 1.165) is 36.5 Å². The molecule has 0 spiro atoms. The maximum atomic E-state index is 12.6. The first-order valence-corrected chi connectivity index (χ1v) is 9.38. The Morgan fingerprint density at radius 3 is 2.72 bits per heavy atom. The van der Waals surface area contributed by atoms with E-state index in [1.165, 1.54) is 0 Å². The van der Waals surface area contributed by atoms with Gasteiger partial charge in [-0.2, -0.15) is 0 Å². The lowest BCUT2D eigenvalue weighted by molar-refractivity contribution is -0.121. The van der Waals surface area contributed by atoms with Gasteiger partial charge in [0.25, 0.3) is 0 Å². The zero-order valence-corrected chi connectivity index (χ0v) is 15.9. The normalized spacial score (nSPS) is 18.1. The first-order valence-electron chi connectivity index (χ1n) is 8.24. The van der Waals surface area contributed by atoms with Crippen molar-refractivity contribution in [1.29, 1.82) is 0 Å². The number of nitrogens with one attached hydrogen (secondary N) is 1. The van der Waals surface area contributed by atoms with Gasteiger partial charge >= 0.3 is 0 Å². The lowest BCUT2D eigenvalue weighted by atomic mass is 9.96. The molecule has 0 aromatic heterocycles. The second-order valence-electron chi connectivity index (χ2n) is 6.28. The van der Waals surface area contributed by atoms with E-state index in [1.807, 2.05) is 24.3 Å². The van der Waals surface area contributed by atoms with Crippen LogP contribution in [0, 0.1) is 5.92 Å². The summed E-state index contributed by atoms with van der Waals surface area (Å²) in [5.74, 6) is -0.0979. The summed E-state index contributed by atoms with van der Waals surface area (Å²) in [5.41, 5.74) is 1.64. The fourth-order valence-corrected chi connectivity index (χ4v) is 3.64. The van der Waals surface area contributed by atoms with Crippen molar-refractivity contribution in [3.05, 3.63) is 63.1 Å². The van der Waals surface area contributed by atoms with Gasteiger partial charge < -0.3 is 5.32 Å². The largest absolute Gasteiger partial charge is 0.324 e. The molecule has 1 saturated heterocycles. The van der Waals surface area contributed by atoms with Crippen LogP contribution in [0.25, 0.3) is 0 Å². The fourth-order valence-electron chi connectivity index (χ4n) is 3.11. The van der Waals surface area contributed by atoms with Crippen LogP contribution in [0.1, 0.15) is 18.4 Å². The van der Waals surface area contributed by atoms with E-state index in [9.17, 15) is 4.79 Å². The molecule has 2 aromatic carbocycles. The van der Waals surface area contributed by atoms with Crippen LogP contribution in [-0.2, 0) is 11.3 Å². The highest BCUT2D eigenvalue weighted by Crippen LogP contribution is 2.27. The predicted molar refractivity (Wildman–Crippen MR) is 105 cm³/mol. The second-order valence-corrected chi connectivity index (χ2v) is 7.53. The lowest BCUT2D eigenvalue weighted by Gasteiger charge is -2.32. The Balaban J connectivity index is 1.63. The molecule has 25 heavy (non-hydrogen) atoms. The van der Waals surface area contributed by atoms with Crippen LogP contribution in [0.15, 0.2) is 42.5 Å². The molecule has 0 aliphatic carbocycles. The first-order chi connectivity index (χ1) is 12.0. The quantitative estimate of drug-likeness (QED) is 0.739. The Labute approximate surface area is 162 Å². The molecule has 1 fully saturated rings. The molecule has 1 aliphatic rings. The molecule has 6 heteroatoms. The number of amides is 1. The molecule has 0 bridgehead atoms. The average molecular weight is 398 g/mol. The molecule has 2 aromatic rings. The van der Waals surface area contributed by atoms with E-state index in [2.05, 4.69) is 10.2 Å². The first kappa shape index (κ1) is 18.5. The zero-order valence-electron chi connectivity index (χ0n) is 13.6. The number of piperidine rings is 1. The fraction of sp³-hybridized carbons (Fsp3) is 0.316. The van der Waals surface area contributed by atoms with Crippen LogP contribution in [0.2, 0.25) is 15.1 Å². The highest BCUT2D eigenvalue weighted by Gasteiger charge is 2.26. The molecule has 1 heterocycles. The number of halogens is 3. The Bertz CT molecular complexity index is 766. The number of hydrogen-bond donors (Lipinski definition) is 1. The van der Waals surface area contributed by atoms with Crippen LogP contribution in [0.4, 0.5) is 5.69 Å². The Hall–Kier alpha value is -1.26. The Morgan fingerprint density at radius 1 is 1.12 bits per heavy atom. The maximum Gasteiger partial charge on any atom is 0.228 e. The SMILES string of the molecule is O=C(Nc1cc(Cl)ccc1Cl)[C@@H]1CCCN(Cc2ccccc2Cl)C1. The van der Waals surface area contributed by atoms with Crippen molar-refractivity contribution in [2.24, 2.45) is 5.92 Å². The number of likely N-dealkylation sites (tertiary alicyclic amines) is 1. The number of carbonyl (C=O) groups is 1. The van der Waals surface area contributed by atoms with Crippen molar-refractivity contribution in [3.8, 4) is 0 Å². The van der Waals surface area contributed by atoms with Gasteiger partial charge in [-0.05, 0) is 49.2 Å². The van der Waals surface area contributed by atoms with Crippen molar-refractivity contribution >= 4 is 46.4 Å². The van der Waals surface area contributed by atoms with Crippen LogP contribution in [0.3, 0.4) is 0 Å². The molecule has 1 atom stereocenters. The van der Waals surface area contributed by atoms with E-state index in [1.54, 1.807) is 18.2 Å². The maximum absolute atomic E-state index is 12.6. The van der Waals surface area contributed by atoms with Crippen LogP contribution < -0.4 is 5.32 Å². The molecule has 0 saturated carbocycles. The van der Waals surface area contributed by atoms with E-state index < -0.39 is 0 Å². The van der Waals surface area contributed by atoms with Gasteiger partial charge in [0.2, 0.25) is 5.91 Å². The summed E-state index contributed by atoms with van der Waals surface area (Å²) in [6.07, 6.45) is 1.84. The molecule has 1 aliphatic heterocycles. The Morgan fingerprint density at radius 2 is 1.92 bits per heavy atom. The van der Waals surface area contributed by atoms with Gasteiger partial charge in [0, 0.05) is 23.1 Å². The smallest absolute Gasteiger partial charge is 0.228 e. The Kier molecular flexibility index (Phi) is 6.24. The van der Waals surface area contributed by atoms with Gasteiger partial charge in [-0.15, -0.1) is 0 Å². The number of nitrogens with zero attached hydrogens (tertiary/aromatic N) is 1. The third-order valence-corrected chi connectivity index (χ3v) is 5.35. The number of benzene rings is 2. The van der Waals surface area contributed by atoms with Crippen molar-refractivity contribution in [3.63, 3.8) is 0 Å². The highest BCUT2D eigenvalue weighted by molar-refractivity contribution is 6.35. The predicted octanol–water partition coefficient (Wildman–Crippen LogP) is 5.50. The van der Waals surface area contributed by atoms with Crippen molar-refractivity contribution in [1.82, 2.24) is 4.90 Å². The standard InChI is InChI=1S/C19H19Cl3N2O/c20-15-7-8-17(22)18(10-15)23-19(25)14-5-3-9-24(12-14)11-13-4-1-2-6-16(13)21/h1-2,4,6-8,10,14H,3,5,9,11-12H2,(H,23,25)/t14-/m1/s1. The molecule has 0 unspecified atom stereocenters. The van der Waals surface area contributed by atoms with Gasteiger partial charge in [-0.25, -0.2) is 0 Å². The zero-order chi connectivity index (χ0) is 17.8. The number of carbonyl (C=O) groups excluding carboxylic acids is 1. The lowest BCUT2D eigenvalue weighted by Crippen LogP contribution is -2.40. The van der Waals surface area contributed by atoms with Crippen molar-refractivity contribution in [2.45, 2.75) is 19.4 Å². The van der Waals surface area contributed by atoms with Crippen LogP contribution in [-0.4, -0.2) is 23.9 Å². The molecule has 0 radical (unpaired) electrons.